The van der Waals surface area contributed by atoms with Gasteiger partial charge in [-0.1, -0.05) is 47.1 Å². The van der Waals surface area contributed by atoms with Gasteiger partial charge in [-0.2, -0.15) is 0 Å². The molecule has 186 valence electrons. The van der Waals surface area contributed by atoms with Crippen LogP contribution in [0.1, 0.15) is 33.6 Å². The number of carbonyl (C=O) groups excluding carboxylic acids is 1. The van der Waals surface area contributed by atoms with E-state index in [2.05, 4.69) is 27.1 Å². The summed E-state index contributed by atoms with van der Waals surface area (Å²) >= 11 is 0. The van der Waals surface area contributed by atoms with Gasteiger partial charge in [-0.05, 0) is 47.5 Å². The van der Waals surface area contributed by atoms with E-state index in [-0.39, 0.29) is 18.0 Å². The number of methoxy groups -OCH3 is 1. The van der Waals surface area contributed by atoms with E-state index in [0.717, 1.165) is 23.4 Å². The quantitative estimate of drug-likeness (QED) is 0.327. The fraction of sp³-hybridized carbons (Fsp3) is 0.160. The SMILES string of the molecule is COc1ccc(C(=O)N[C@@H]2c3ccccc3CC2[n+]2cnn(-c3ccccc3)c2)cc1.[O-][Cl+3]([O-])([O-])[O-]. The highest BCUT2D eigenvalue weighted by atomic mass is 35.7. The molecule has 1 unspecified atom stereocenters. The van der Waals surface area contributed by atoms with Crippen molar-refractivity contribution < 1.29 is 43.0 Å². The van der Waals surface area contributed by atoms with E-state index in [1.165, 1.54) is 5.56 Å². The number of para-hydroxylation sites is 1. The first-order valence-corrected chi connectivity index (χ1v) is 12.1. The number of rotatable bonds is 5. The number of benzene rings is 3. The van der Waals surface area contributed by atoms with Crippen LogP contribution in [-0.4, -0.2) is 22.8 Å². The molecule has 0 aliphatic heterocycles. The number of nitrogens with one attached hydrogen (secondary N) is 1. The first kappa shape index (κ1) is 25.3. The fourth-order valence-electron chi connectivity index (χ4n) is 4.18. The second-order valence-electron chi connectivity index (χ2n) is 8.00. The maximum atomic E-state index is 13.0. The van der Waals surface area contributed by atoms with Crippen LogP contribution in [0.5, 0.6) is 5.75 Å². The lowest BCUT2D eigenvalue weighted by Gasteiger charge is -2.20. The first-order chi connectivity index (χ1) is 17.2. The topological polar surface area (TPSA) is 152 Å². The Labute approximate surface area is 209 Å². The van der Waals surface area contributed by atoms with Crippen LogP contribution in [0.4, 0.5) is 0 Å². The molecular weight excluding hydrogens is 488 g/mol. The van der Waals surface area contributed by atoms with Crippen LogP contribution in [-0.2, 0) is 6.42 Å². The van der Waals surface area contributed by atoms with Gasteiger partial charge in [0.05, 0.1) is 13.2 Å². The summed E-state index contributed by atoms with van der Waals surface area (Å²) in [6.07, 6.45) is 4.64. The van der Waals surface area contributed by atoms with Gasteiger partial charge in [-0.3, -0.25) is 4.79 Å². The summed E-state index contributed by atoms with van der Waals surface area (Å²) in [6, 6.07) is 25.3. The first-order valence-electron chi connectivity index (χ1n) is 10.9. The Morgan fingerprint density at radius 2 is 1.64 bits per heavy atom. The van der Waals surface area contributed by atoms with Crippen molar-refractivity contribution >= 4 is 5.91 Å². The number of hydrogen-bond donors (Lipinski definition) is 1. The maximum Gasteiger partial charge on any atom is 0.265 e. The van der Waals surface area contributed by atoms with Crippen molar-refractivity contribution in [1.29, 1.82) is 0 Å². The molecule has 1 N–H and O–H groups in total. The molecule has 0 saturated heterocycles. The summed E-state index contributed by atoms with van der Waals surface area (Å²) in [5, 5.41) is 7.79. The number of amides is 1. The molecule has 5 rings (SSSR count). The van der Waals surface area contributed by atoms with Crippen molar-refractivity contribution in [3.05, 3.63) is 108 Å². The van der Waals surface area contributed by atoms with Crippen LogP contribution in [0.25, 0.3) is 5.69 Å². The number of carbonyl (C=O) groups is 1. The molecule has 0 radical (unpaired) electrons. The van der Waals surface area contributed by atoms with Gasteiger partial charge in [-0.25, -0.2) is 23.2 Å². The smallest absolute Gasteiger partial charge is 0.265 e. The van der Waals surface area contributed by atoms with Crippen molar-refractivity contribution in [2.45, 2.75) is 18.5 Å². The lowest BCUT2D eigenvalue weighted by molar-refractivity contribution is -2.00. The molecule has 0 bridgehead atoms. The van der Waals surface area contributed by atoms with Gasteiger partial charge in [0, 0.05) is 17.1 Å². The zero-order valence-electron chi connectivity index (χ0n) is 19.2. The second kappa shape index (κ2) is 10.9. The lowest BCUT2D eigenvalue weighted by Crippen LogP contribution is -2.68. The molecule has 0 spiro atoms. The number of ether oxygens (including phenoxy) is 1. The molecule has 36 heavy (non-hydrogen) atoms. The number of aromatic nitrogens is 3. The Morgan fingerprint density at radius 3 is 2.31 bits per heavy atom. The highest BCUT2D eigenvalue weighted by Crippen LogP contribution is 2.36. The van der Waals surface area contributed by atoms with Crippen molar-refractivity contribution in [2.24, 2.45) is 0 Å². The van der Waals surface area contributed by atoms with E-state index in [4.69, 9.17) is 23.4 Å². The predicted octanol–water partition coefficient (Wildman–Crippen LogP) is -1.32. The van der Waals surface area contributed by atoms with Crippen molar-refractivity contribution in [1.82, 2.24) is 15.1 Å². The zero-order valence-corrected chi connectivity index (χ0v) is 19.9. The van der Waals surface area contributed by atoms with Crippen LogP contribution < -0.4 is 33.3 Å². The molecule has 11 heteroatoms. The summed E-state index contributed by atoms with van der Waals surface area (Å²) in [7, 11) is -3.33. The molecule has 1 heterocycles. The normalized spacial score (nSPS) is 16.5. The van der Waals surface area contributed by atoms with Gasteiger partial charge in [0.1, 0.15) is 17.5 Å². The molecule has 10 nitrogen and oxygen atoms in total. The van der Waals surface area contributed by atoms with Crippen LogP contribution in [0.2, 0.25) is 0 Å². The van der Waals surface area contributed by atoms with E-state index in [0.29, 0.717) is 5.56 Å². The van der Waals surface area contributed by atoms with Gasteiger partial charge >= 0.3 is 0 Å². The van der Waals surface area contributed by atoms with E-state index in [1.807, 2.05) is 59.8 Å². The molecule has 0 fully saturated rings. The molecule has 2 atom stereocenters. The average molecular weight is 511 g/mol. The van der Waals surface area contributed by atoms with Gasteiger partial charge in [0.25, 0.3) is 12.2 Å². The van der Waals surface area contributed by atoms with Gasteiger partial charge in [0.2, 0.25) is 6.33 Å². The van der Waals surface area contributed by atoms with E-state index in [9.17, 15) is 4.79 Å². The zero-order chi connectivity index (χ0) is 25.7. The van der Waals surface area contributed by atoms with Crippen molar-refractivity contribution in [3.8, 4) is 11.4 Å². The molecule has 3 aromatic carbocycles. The summed E-state index contributed by atoms with van der Waals surface area (Å²) in [4.78, 5) is 13.0. The highest BCUT2D eigenvalue weighted by molar-refractivity contribution is 5.94. The minimum absolute atomic E-state index is 0.0389. The van der Waals surface area contributed by atoms with Crippen LogP contribution in [0.3, 0.4) is 0 Å². The average Bonchev–Trinajstić information content (AvgIpc) is 3.49. The molecule has 0 saturated carbocycles. The third-order valence-corrected chi connectivity index (χ3v) is 5.80. The van der Waals surface area contributed by atoms with Crippen LogP contribution >= 0.6 is 0 Å². The second-order valence-corrected chi connectivity index (χ2v) is 8.76. The van der Waals surface area contributed by atoms with Gasteiger partial charge in [-0.15, -0.1) is 10.2 Å². The summed E-state index contributed by atoms with van der Waals surface area (Å²) in [6.45, 7) is 0. The number of fused-ring (bicyclic) bond motifs is 1. The Hall–Kier alpha value is -3.80. The number of halogens is 1. The third-order valence-electron chi connectivity index (χ3n) is 5.80. The summed E-state index contributed by atoms with van der Waals surface area (Å²) in [5.74, 6) is 0.620. The largest absolute Gasteiger partial charge is 0.497 e. The van der Waals surface area contributed by atoms with E-state index in [1.54, 1.807) is 31.4 Å². The summed E-state index contributed by atoms with van der Waals surface area (Å²) in [5.41, 5.74) is 3.99. The number of hydrogen-bond acceptors (Lipinski definition) is 7. The molecular formula is C25H23ClN4O6. The van der Waals surface area contributed by atoms with E-state index < -0.39 is 10.2 Å². The van der Waals surface area contributed by atoms with Crippen molar-refractivity contribution in [2.75, 3.05) is 7.11 Å². The predicted molar refractivity (Wildman–Crippen MR) is 116 cm³/mol. The molecule has 1 aromatic heterocycles. The van der Waals surface area contributed by atoms with Gasteiger partial charge in [0.15, 0.2) is 0 Å². The fourth-order valence-corrected chi connectivity index (χ4v) is 4.18. The minimum atomic E-state index is -4.94. The molecule has 1 aliphatic carbocycles. The molecule has 1 amide bonds. The number of nitrogens with zero attached hydrogens (tertiary/aromatic N) is 3. The molecule has 1 aliphatic rings. The highest BCUT2D eigenvalue weighted by Gasteiger charge is 2.37. The van der Waals surface area contributed by atoms with Crippen molar-refractivity contribution in [3.63, 3.8) is 0 Å². The standard InChI is InChI=1S/C25H22N4O2.ClHO4/c1-31-21-13-11-18(12-14-21)25(30)27-24-22-10-6-5-7-19(22)15-23(24)28-16-26-29(17-28)20-8-3-2-4-9-20;2-1(3,4)5/h2-14,16-17,23-24H,15H2,1H3;(H,2,3,4,5)/t23?,24-;/m1./s1. The summed E-state index contributed by atoms with van der Waals surface area (Å²) < 4.78 is 43.1. The minimum Gasteiger partial charge on any atom is -0.497 e. The Bertz CT molecular complexity index is 1300. The Morgan fingerprint density at radius 1 is 1.00 bits per heavy atom. The lowest BCUT2D eigenvalue weighted by atomic mass is 10.1. The van der Waals surface area contributed by atoms with Gasteiger partial charge < -0.3 is 10.1 Å². The van der Waals surface area contributed by atoms with E-state index >= 15 is 0 Å². The Balaban J connectivity index is 0.000000556. The monoisotopic (exact) mass is 510 g/mol. The maximum absolute atomic E-state index is 13.0. The van der Waals surface area contributed by atoms with Crippen LogP contribution in [0, 0.1) is 10.2 Å². The Kier molecular flexibility index (Phi) is 7.63. The van der Waals surface area contributed by atoms with Crippen LogP contribution in [0.15, 0.2) is 91.5 Å². The molecule has 4 aromatic rings. The third kappa shape index (κ3) is 6.25.